The average molecular weight is 449 g/mol. The number of thiazole rings is 1. The summed E-state index contributed by atoms with van der Waals surface area (Å²) in [6.07, 6.45) is 2.15. The maximum Gasteiger partial charge on any atom is 0.263 e. The van der Waals surface area contributed by atoms with Gasteiger partial charge in [-0.25, -0.2) is 17.8 Å². The molecule has 0 radical (unpaired) electrons. The number of carbonyl (C=O) groups excluding carboxylic acids is 1. The van der Waals surface area contributed by atoms with Crippen molar-refractivity contribution < 1.29 is 19.0 Å². The van der Waals surface area contributed by atoms with Crippen LogP contribution in [-0.2, 0) is 21.4 Å². The fourth-order valence-corrected chi connectivity index (χ4v) is 5.01. The fourth-order valence-electron chi connectivity index (χ4n) is 3.22. The number of aromatic nitrogens is 1. The molecule has 3 aromatic rings. The zero-order valence-corrected chi connectivity index (χ0v) is 17.4. The van der Waals surface area contributed by atoms with Gasteiger partial charge in [-0.2, -0.15) is 0 Å². The van der Waals surface area contributed by atoms with Crippen molar-refractivity contribution in [3.63, 3.8) is 0 Å². The Bertz CT molecular complexity index is 1120. The summed E-state index contributed by atoms with van der Waals surface area (Å²) in [5.41, 5.74) is 1.53. The molecule has 1 unspecified atom stereocenters. The summed E-state index contributed by atoms with van der Waals surface area (Å²) in [4.78, 5) is 18.4. The lowest BCUT2D eigenvalue weighted by atomic mass is 10.2. The first-order chi connectivity index (χ1) is 14.4. The molecule has 10 heteroatoms. The van der Waals surface area contributed by atoms with E-state index >= 15 is 0 Å². The third kappa shape index (κ3) is 4.50. The highest BCUT2D eigenvalue weighted by Crippen LogP contribution is 2.25. The van der Waals surface area contributed by atoms with E-state index in [4.69, 9.17) is 0 Å². The number of benzene rings is 2. The van der Waals surface area contributed by atoms with Crippen LogP contribution in [0.5, 0.6) is 0 Å². The van der Waals surface area contributed by atoms with Gasteiger partial charge in [0.1, 0.15) is 5.82 Å². The van der Waals surface area contributed by atoms with Crippen molar-refractivity contribution in [3.05, 3.63) is 71.5 Å². The van der Waals surface area contributed by atoms with Crippen molar-refractivity contribution in [3.8, 4) is 0 Å². The molecular weight excluding hydrogens is 427 g/mol. The molecule has 1 aliphatic heterocycles. The van der Waals surface area contributed by atoms with Crippen molar-refractivity contribution in [1.29, 1.82) is 0 Å². The highest BCUT2D eigenvalue weighted by Gasteiger charge is 2.32. The van der Waals surface area contributed by atoms with Crippen molar-refractivity contribution in [1.82, 2.24) is 10.3 Å². The first-order valence-corrected chi connectivity index (χ1v) is 11.6. The minimum absolute atomic E-state index is 0. The lowest BCUT2D eigenvalue weighted by molar-refractivity contribution is -0.118. The predicted molar refractivity (Wildman–Crippen MR) is 115 cm³/mol. The summed E-state index contributed by atoms with van der Waals surface area (Å²) in [5, 5.41) is 5.18. The van der Waals surface area contributed by atoms with Gasteiger partial charge in [0, 0.05) is 31.8 Å². The van der Waals surface area contributed by atoms with Crippen LogP contribution in [0.4, 0.5) is 15.2 Å². The van der Waals surface area contributed by atoms with E-state index in [9.17, 15) is 17.6 Å². The topological polar surface area (TPSA) is 91.4 Å². The van der Waals surface area contributed by atoms with Gasteiger partial charge in [0.2, 0.25) is 5.91 Å². The standard InChI is InChI=1S/C20H19FN4O3S2.H2/c21-15-3-1-14(2-4-15)13-23-18-9-11-25(19(18)26)16-5-7-17(8-6-16)30(27,28)24-20-22-10-12-29-20;/h1-8,10,12,18,23H,9,11,13H2,(H,22,24);1H. The quantitative estimate of drug-likeness (QED) is 0.579. The molecule has 2 heterocycles. The van der Waals surface area contributed by atoms with Gasteiger partial charge in [0.15, 0.2) is 5.13 Å². The second kappa shape index (κ2) is 8.50. The van der Waals surface area contributed by atoms with E-state index in [1.54, 1.807) is 34.5 Å². The van der Waals surface area contributed by atoms with Crippen molar-refractivity contribution >= 4 is 38.1 Å². The predicted octanol–water partition coefficient (Wildman–Crippen LogP) is 3.22. The van der Waals surface area contributed by atoms with Gasteiger partial charge in [-0.3, -0.25) is 9.52 Å². The lowest BCUT2D eigenvalue weighted by Crippen LogP contribution is -2.38. The van der Waals surface area contributed by atoms with Gasteiger partial charge >= 0.3 is 0 Å². The molecule has 2 aromatic carbocycles. The molecule has 0 bridgehead atoms. The third-order valence-corrected chi connectivity index (χ3v) is 6.96. The Balaban J connectivity index is 0.00000272. The van der Waals surface area contributed by atoms with Gasteiger partial charge in [0.25, 0.3) is 10.0 Å². The Morgan fingerprint density at radius 3 is 2.57 bits per heavy atom. The summed E-state index contributed by atoms with van der Waals surface area (Å²) < 4.78 is 40.3. The van der Waals surface area contributed by atoms with Gasteiger partial charge < -0.3 is 10.2 Å². The first-order valence-electron chi connectivity index (χ1n) is 9.24. The van der Waals surface area contributed by atoms with Gasteiger partial charge in [-0.05, 0) is 48.4 Å². The number of nitrogens with one attached hydrogen (secondary N) is 2. The van der Waals surface area contributed by atoms with E-state index in [2.05, 4.69) is 15.0 Å². The van der Waals surface area contributed by atoms with Crippen LogP contribution in [0.3, 0.4) is 0 Å². The number of hydrogen-bond acceptors (Lipinski definition) is 6. The highest BCUT2D eigenvalue weighted by molar-refractivity contribution is 7.93. The SMILES string of the molecule is O=C1C(NCc2ccc(F)cc2)CCN1c1ccc(S(=O)(=O)Nc2nccs2)cc1.[HH]. The largest absolute Gasteiger partial charge is 0.311 e. The number of carbonyl (C=O) groups is 1. The molecule has 1 fully saturated rings. The number of nitrogens with zero attached hydrogens (tertiary/aromatic N) is 2. The van der Waals surface area contributed by atoms with Crippen LogP contribution >= 0.6 is 11.3 Å². The Labute approximate surface area is 179 Å². The maximum absolute atomic E-state index is 13.0. The molecule has 4 rings (SSSR count). The molecule has 1 amide bonds. The third-order valence-electron chi connectivity index (χ3n) is 4.78. The van der Waals surface area contributed by atoms with Gasteiger partial charge in [-0.1, -0.05) is 12.1 Å². The lowest BCUT2D eigenvalue weighted by Gasteiger charge is -2.18. The van der Waals surface area contributed by atoms with E-state index in [1.165, 1.54) is 41.8 Å². The minimum atomic E-state index is -3.73. The van der Waals surface area contributed by atoms with Crippen LogP contribution in [0.25, 0.3) is 0 Å². The van der Waals surface area contributed by atoms with Crippen LogP contribution in [0, 0.1) is 5.82 Å². The molecule has 158 valence electrons. The number of hydrogen-bond donors (Lipinski definition) is 2. The van der Waals surface area contributed by atoms with E-state index < -0.39 is 10.0 Å². The van der Waals surface area contributed by atoms with Crippen molar-refractivity contribution in [2.75, 3.05) is 16.2 Å². The Morgan fingerprint density at radius 1 is 1.17 bits per heavy atom. The van der Waals surface area contributed by atoms with E-state index in [1.807, 2.05) is 0 Å². The molecule has 1 atom stereocenters. The smallest absolute Gasteiger partial charge is 0.263 e. The van der Waals surface area contributed by atoms with Gasteiger partial charge in [0.05, 0.1) is 10.9 Å². The minimum Gasteiger partial charge on any atom is -0.311 e. The van der Waals surface area contributed by atoms with E-state index in [-0.39, 0.29) is 24.1 Å². The fraction of sp³-hybridized carbons (Fsp3) is 0.200. The van der Waals surface area contributed by atoms with Crippen LogP contribution in [-0.4, -0.2) is 31.9 Å². The second-order valence-corrected chi connectivity index (χ2v) is 9.35. The average Bonchev–Trinajstić information content (AvgIpc) is 3.37. The summed E-state index contributed by atoms with van der Waals surface area (Å²) in [7, 11) is -3.73. The number of rotatable bonds is 7. The molecule has 0 spiro atoms. The summed E-state index contributed by atoms with van der Waals surface area (Å²) in [5.74, 6) is -0.372. The molecule has 1 aromatic heterocycles. The Kier molecular flexibility index (Phi) is 5.80. The normalized spacial score (nSPS) is 16.8. The maximum atomic E-state index is 13.0. The zero-order chi connectivity index (χ0) is 21.1. The Hall–Kier alpha value is -2.82. The monoisotopic (exact) mass is 448 g/mol. The van der Waals surface area contributed by atoms with E-state index in [0.717, 1.165) is 5.56 Å². The van der Waals surface area contributed by atoms with E-state index in [0.29, 0.717) is 30.3 Å². The Morgan fingerprint density at radius 2 is 1.90 bits per heavy atom. The van der Waals surface area contributed by atoms with Crippen LogP contribution in [0.15, 0.2) is 65.0 Å². The van der Waals surface area contributed by atoms with Crippen molar-refractivity contribution in [2.45, 2.75) is 23.9 Å². The summed E-state index contributed by atoms with van der Waals surface area (Å²) in [6, 6.07) is 12.0. The number of amides is 1. The molecule has 0 aliphatic carbocycles. The van der Waals surface area contributed by atoms with Gasteiger partial charge in [-0.15, -0.1) is 11.3 Å². The zero-order valence-electron chi connectivity index (χ0n) is 15.8. The molecule has 1 aliphatic rings. The van der Waals surface area contributed by atoms with Crippen LogP contribution in [0.2, 0.25) is 0 Å². The van der Waals surface area contributed by atoms with Crippen molar-refractivity contribution in [2.24, 2.45) is 0 Å². The molecule has 1 saturated heterocycles. The van der Waals surface area contributed by atoms with Crippen LogP contribution in [0.1, 0.15) is 13.4 Å². The highest BCUT2D eigenvalue weighted by atomic mass is 32.2. The molecule has 7 nitrogen and oxygen atoms in total. The molecule has 30 heavy (non-hydrogen) atoms. The van der Waals surface area contributed by atoms with Crippen LogP contribution < -0.4 is 14.9 Å². The second-order valence-electron chi connectivity index (χ2n) is 6.78. The summed E-state index contributed by atoms with van der Waals surface area (Å²) >= 11 is 1.19. The molecule has 2 N–H and O–H groups in total. The molecular formula is C20H21FN4O3S2. The summed E-state index contributed by atoms with van der Waals surface area (Å²) in [6.45, 7) is 0.994. The number of sulfonamides is 1. The first kappa shape index (κ1) is 20.5. The number of anilines is 2. The number of halogens is 1. The molecule has 0 saturated carbocycles.